The van der Waals surface area contributed by atoms with Crippen LogP contribution in [0.1, 0.15) is 5.56 Å². The Balaban J connectivity index is 1.89. The maximum absolute atomic E-state index is 13.3. The van der Waals surface area contributed by atoms with E-state index < -0.39 is 11.8 Å². The summed E-state index contributed by atoms with van der Waals surface area (Å²) in [5, 5.41) is 6.79. The van der Waals surface area contributed by atoms with Gasteiger partial charge in [0.25, 0.3) is 0 Å². The lowest BCUT2D eigenvalue weighted by Crippen LogP contribution is -2.24. The lowest BCUT2D eigenvalue weighted by Gasteiger charge is -2.03. The van der Waals surface area contributed by atoms with E-state index in [-0.39, 0.29) is 0 Å². The summed E-state index contributed by atoms with van der Waals surface area (Å²) in [7, 11) is 0. The minimum Gasteiger partial charge on any atom is -0.307 e. The van der Waals surface area contributed by atoms with Gasteiger partial charge in [0.2, 0.25) is 0 Å². The summed E-state index contributed by atoms with van der Waals surface area (Å²) >= 11 is 5.73. The van der Waals surface area contributed by atoms with Gasteiger partial charge in [0.1, 0.15) is 5.82 Å². The van der Waals surface area contributed by atoms with E-state index in [0.29, 0.717) is 16.3 Å². The third-order valence-corrected chi connectivity index (χ3v) is 2.63. The summed E-state index contributed by atoms with van der Waals surface area (Å²) in [6, 6.07) is 12.2. The predicted molar refractivity (Wildman–Crippen MR) is 77.6 cm³/mol. The van der Waals surface area contributed by atoms with Gasteiger partial charge in [-0.25, -0.2) is 14.6 Å². The molecule has 0 spiro atoms. The number of nitrogens with zero attached hydrogens (tertiary/aromatic N) is 1. The number of rotatable bonds is 3. The van der Waals surface area contributed by atoms with Gasteiger partial charge in [-0.05, 0) is 30.3 Å². The number of nitrogens with one attached hydrogen (secondary N) is 2. The third-order valence-electron chi connectivity index (χ3n) is 2.38. The summed E-state index contributed by atoms with van der Waals surface area (Å²) in [6.07, 6.45) is 1.23. The SMILES string of the molecule is O=C(N/N=C\c1ccccc1F)Nc1ccc(Cl)cc1. The van der Waals surface area contributed by atoms with Crippen LogP contribution in [0.15, 0.2) is 53.6 Å². The summed E-state index contributed by atoms with van der Waals surface area (Å²) in [6.45, 7) is 0. The van der Waals surface area contributed by atoms with Gasteiger partial charge in [-0.1, -0.05) is 29.8 Å². The van der Waals surface area contributed by atoms with Crippen LogP contribution in [0, 0.1) is 5.82 Å². The van der Waals surface area contributed by atoms with Gasteiger partial charge >= 0.3 is 6.03 Å². The molecule has 0 bridgehead atoms. The predicted octanol–water partition coefficient (Wildman–Crippen LogP) is 3.63. The lowest BCUT2D eigenvalue weighted by molar-refractivity contribution is 0.252. The number of urea groups is 1. The van der Waals surface area contributed by atoms with E-state index in [4.69, 9.17) is 11.6 Å². The highest BCUT2D eigenvalue weighted by molar-refractivity contribution is 6.30. The summed E-state index contributed by atoms with van der Waals surface area (Å²) < 4.78 is 13.3. The number of amides is 2. The van der Waals surface area contributed by atoms with E-state index in [1.165, 1.54) is 12.3 Å². The molecule has 0 aliphatic rings. The molecule has 2 aromatic carbocycles. The minimum atomic E-state index is -0.528. The van der Waals surface area contributed by atoms with Crippen molar-refractivity contribution >= 4 is 29.5 Å². The van der Waals surface area contributed by atoms with E-state index in [0.717, 1.165) is 0 Å². The first-order valence-corrected chi connectivity index (χ1v) is 6.13. The van der Waals surface area contributed by atoms with Crippen LogP contribution in [-0.4, -0.2) is 12.2 Å². The van der Waals surface area contributed by atoms with Crippen molar-refractivity contribution in [3.05, 3.63) is 64.9 Å². The van der Waals surface area contributed by atoms with Gasteiger partial charge in [-0.2, -0.15) is 5.10 Å². The highest BCUT2D eigenvalue weighted by atomic mass is 35.5. The van der Waals surface area contributed by atoms with Gasteiger partial charge in [0.05, 0.1) is 6.21 Å². The quantitative estimate of drug-likeness (QED) is 0.658. The second-order valence-electron chi connectivity index (χ2n) is 3.85. The van der Waals surface area contributed by atoms with E-state index >= 15 is 0 Å². The fourth-order valence-electron chi connectivity index (χ4n) is 1.43. The Kier molecular flexibility index (Phi) is 4.68. The van der Waals surface area contributed by atoms with Gasteiger partial charge in [0, 0.05) is 16.3 Å². The first-order valence-electron chi connectivity index (χ1n) is 5.75. The van der Waals surface area contributed by atoms with Crippen LogP contribution in [0.3, 0.4) is 0 Å². The van der Waals surface area contributed by atoms with E-state index in [2.05, 4.69) is 15.8 Å². The van der Waals surface area contributed by atoms with Gasteiger partial charge in [0.15, 0.2) is 0 Å². The van der Waals surface area contributed by atoms with E-state index in [9.17, 15) is 9.18 Å². The first-order chi connectivity index (χ1) is 9.65. The monoisotopic (exact) mass is 291 g/mol. The van der Waals surface area contributed by atoms with Crippen molar-refractivity contribution in [1.29, 1.82) is 0 Å². The van der Waals surface area contributed by atoms with Crippen LogP contribution >= 0.6 is 11.6 Å². The van der Waals surface area contributed by atoms with Crippen molar-refractivity contribution in [2.75, 3.05) is 5.32 Å². The van der Waals surface area contributed by atoms with Crippen LogP contribution in [0.4, 0.5) is 14.9 Å². The highest BCUT2D eigenvalue weighted by Gasteiger charge is 2.00. The van der Waals surface area contributed by atoms with Gasteiger partial charge in [-0.3, -0.25) is 0 Å². The summed E-state index contributed by atoms with van der Waals surface area (Å²) in [5.74, 6) is -0.406. The molecule has 0 atom stereocenters. The van der Waals surface area contributed by atoms with Crippen molar-refractivity contribution in [3.8, 4) is 0 Å². The Morgan fingerprint density at radius 3 is 2.55 bits per heavy atom. The average Bonchev–Trinajstić information content (AvgIpc) is 2.43. The van der Waals surface area contributed by atoms with Crippen LogP contribution in [0.25, 0.3) is 0 Å². The molecule has 102 valence electrons. The van der Waals surface area contributed by atoms with Crippen molar-refractivity contribution in [2.45, 2.75) is 0 Å². The molecular weight excluding hydrogens is 281 g/mol. The number of halogens is 2. The maximum Gasteiger partial charge on any atom is 0.339 e. The zero-order valence-electron chi connectivity index (χ0n) is 10.3. The Hall–Kier alpha value is -2.40. The highest BCUT2D eigenvalue weighted by Crippen LogP contribution is 2.13. The molecule has 6 heteroatoms. The Bertz CT molecular complexity index is 629. The minimum absolute atomic E-state index is 0.291. The first kappa shape index (κ1) is 14.0. The number of hydrazone groups is 1. The molecule has 0 aliphatic carbocycles. The molecule has 0 aromatic heterocycles. The third kappa shape index (κ3) is 4.07. The van der Waals surface area contributed by atoms with E-state index in [1.807, 2.05) is 0 Å². The molecule has 0 aliphatic heterocycles. The number of carbonyl (C=O) groups excluding carboxylic acids is 1. The van der Waals surface area contributed by atoms with Crippen LogP contribution < -0.4 is 10.7 Å². The number of hydrogen-bond acceptors (Lipinski definition) is 2. The molecule has 0 fully saturated rings. The van der Waals surface area contributed by atoms with Crippen LogP contribution in [0.5, 0.6) is 0 Å². The fourth-order valence-corrected chi connectivity index (χ4v) is 1.56. The molecule has 2 amide bonds. The summed E-state index contributed by atoms with van der Waals surface area (Å²) in [4.78, 5) is 11.5. The van der Waals surface area contributed by atoms with Crippen molar-refractivity contribution in [1.82, 2.24) is 5.43 Å². The lowest BCUT2D eigenvalue weighted by atomic mass is 10.2. The zero-order chi connectivity index (χ0) is 14.4. The molecule has 0 saturated heterocycles. The Morgan fingerprint density at radius 1 is 1.15 bits per heavy atom. The molecule has 2 rings (SSSR count). The molecule has 20 heavy (non-hydrogen) atoms. The normalized spacial score (nSPS) is 10.5. The van der Waals surface area contributed by atoms with Gasteiger partial charge in [-0.15, -0.1) is 0 Å². The number of anilines is 1. The van der Waals surface area contributed by atoms with Crippen LogP contribution in [0.2, 0.25) is 5.02 Å². The number of carbonyl (C=O) groups is 1. The topological polar surface area (TPSA) is 53.5 Å². The summed E-state index contributed by atoms with van der Waals surface area (Å²) in [5.41, 5.74) is 3.11. The number of hydrogen-bond donors (Lipinski definition) is 2. The van der Waals surface area contributed by atoms with Crippen LogP contribution in [-0.2, 0) is 0 Å². The van der Waals surface area contributed by atoms with E-state index in [1.54, 1.807) is 42.5 Å². The molecule has 0 heterocycles. The second kappa shape index (κ2) is 6.68. The number of benzene rings is 2. The zero-order valence-corrected chi connectivity index (χ0v) is 11.1. The molecule has 0 saturated carbocycles. The smallest absolute Gasteiger partial charge is 0.307 e. The second-order valence-corrected chi connectivity index (χ2v) is 4.29. The van der Waals surface area contributed by atoms with Crippen molar-refractivity contribution in [2.24, 2.45) is 5.10 Å². The van der Waals surface area contributed by atoms with Gasteiger partial charge < -0.3 is 5.32 Å². The molecular formula is C14H11ClFN3O. The molecule has 2 aromatic rings. The largest absolute Gasteiger partial charge is 0.339 e. The van der Waals surface area contributed by atoms with Crippen molar-refractivity contribution in [3.63, 3.8) is 0 Å². The Morgan fingerprint density at radius 2 is 1.85 bits per heavy atom. The molecule has 0 unspecified atom stereocenters. The standard InChI is InChI=1S/C14H11ClFN3O/c15-11-5-7-12(8-6-11)18-14(20)19-17-9-10-3-1-2-4-13(10)16/h1-9H,(H2,18,19,20)/b17-9-. The molecule has 2 N–H and O–H groups in total. The average molecular weight is 292 g/mol. The molecule has 4 nitrogen and oxygen atoms in total. The Labute approximate surface area is 120 Å². The molecule has 0 radical (unpaired) electrons. The maximum atomic E-state index is 13.3. The fraction of sp³-hybridized carbons (Fsp3) is 0. The van der Waals surface area contributed by atoms with Crippen molar-refractivity contribution < 1.29 is 9.18 Å².